The maximum absolute atomic E-state index is 13.0. The normalized spacial score (nSPS) is 23.9. The molecule has 9 heteroatoms. The molecule has 4 heterocycles. The number of carbonyl (C=O) groups excluding carboxylic acids is 2. The van der Waals surface area contributed by atoms with Crippen molar-refractivity contribution in [2.45, 2.75) is 37.8 Å². The highest BCUT2D eigenvalue weighted by molar-refractivity contribution is 5.99. The SMILES string of the molecule is O=C1CCC(n2ncc3cc(N4CCC(N5CCNCC5)CC4)ccc3c2=O)C(=O)N1. The number of carbonyl (C=O) groups is 2. The van der Waals surface area contributed by atoms with Gasteiger partial charge in [0.05, 0.1) is 11.6 Å². The lowest BCUT2D eigenvalue weighted by atomic mass is 10.0. The van der Waals surface area contributed by atoms with E-state index in [1.807, 2.05) is 18.2 Å². The van der Waals surface area contributed by atoms with E-state index in [-0.39, 0.29) is 17.9 Å². The molecule has 1 aromatic heterocycles. The third-order valence-corrected chi connectivity index (χ3v) is 6.80. The highest BCUT2D eigenvalue weighted by Gasteiger charge is 2.30. The molecule has 3 aliphatic rings. The van der Waals surface area contributed by atoms with Crippen molar-refractivity contribution in [3.63, 3.8) is 0 Å². The Kier molecular flexibility index (Phi) is 5.45. The van der Waals surface area contributed by atoms with Crippen LogP contribution in [0, 0.1) is 0 Å². The number of anilines is 1. The summed E-state index contributed by atoms with van der Waals surface area (Å²) in [7, 11) is 0. The molecule has 3 aliphatic heterocycles. The Morgan fingerprint density at radius 1 is 0.968 bits per heavy atom. The monoisotopic (exact) mass is 424 g/mol. The highest BCUT2D eigenvalue weighted by atomic mass is 16.2. The summed E-state index contributed by atoms with van der Waals surface area (Å²) in [5, 5.41) is 11.3. The second-order valence-electron chi connectivity index (χ2n) is 8.64. The number of rotatable bonds is 3. The predicted octanol–water partition coefficient (Wildman–Crippen LogP) is 0.248. The quantitative estimate of drug-likeness (QED) is 0.682. The number of piperazine rings is 1. The molecule has 0 aliphatic carbocycles. The average Bonchev–Trinajstić information content (AvgIpc) is 2.80. The standard InChI is InChI=1S/C22H28N6O3/c29-20-4-3-19(21(30)25-20)28-22(31)18-2-1-17(13-15(18)14-24-28)26-9-5-16(6-10-26)27-11-7-23-8-12-27/h1-2,13-14,16,19,23H,3-12H2,(H,25,29,30). The van der Waals surface area contributed by atoms with Crippen molar-refractivity contribution in [2.24, 2.45) is 0 Å². The van der Waals surface area contributed by atoms with Gasteiger partial charge >= 0.3 is 0 Å². The van der Waals surface area contributed by atoms with Gasteiger partial charge in [-0.3, -0.25) is 24.6 Å². The van der Waals surface area contributed by atoms with Gasteiger partial charge in [0.2, 0.25) is 5.91 Å². The Morgan fingerprint density at radius 2 is 1.74 bits per heavy atom. The molecule has 0 bridgehead atoms. The molecule has 164 valence electrons. The van der Waals surface area contributed by atoms with Crippen molar-refractivity contribution in [1.29, 1.82) is 0 Å². The van der Waals surface area contributed by atoms with Gasteiger partial charge in [0.25, 0.3) is 11.5 Å². The van der Waals surface area contributed by atoms with Crippen molar-refractivity contribution in [3.05, 3.63) is 34.7 Å². The molecule has 2 amide bonds. The van der Waals surface area contributed by atoms with E-state index in [4.69, 9.17) is 0 Å². The van der Waals surface area contributed by atoms with Crippen LogP contribution in [0.3, 0.4) is 0 Å². The summed E-state index contributed by atoms with van der Waals surface area (Å²) in [6.07, 6.45) is 4.45. The summed E-state index contributed by atoms with van der Waals surface area (Å²) >= 11 is 0. The van der Waals surface area contributed by atoms with Gasteiger partial charge in [-0.15, -0.1) is 0 Å². The smallest absolute Gasteiger partial charge is 0.275 e. The second-order valence-corrected chi connectivity index (χ2v) is 8.64. The van der Waals surface area contributed by atoms with E-state index in [0.29, 0.717) is 17.8 Å². The van der Waals surface area contributed by atoms with Crippen LogP contribution in [0.15, 0.2) is 29.2 Å². The Balaban J connectivity index is 1.32. The second kappa shape index (κ2) is 8.39. The number of fused-ring (bicyclic) bond motifs is 1. The zero-order chi connectivity index (χ0) is 21.4. The van der Waals surface area contributed by atoms with Crippen LogP contribution in [0.5, 0.6) is 0 Å². The number of imide groups is 1. The Hall–Kier alpha value is -2.78. The van der Waals surface area contributed by atoms with Crippen molar-refractivity contribution in [1.82, 2.24) is 25.3 Å². The van der Waals surface area contributed by atoms with E-state index in [2.05, 4.69) is 25.5 Å². The number of nitrogens with one attached hydrogen (secondary N) is 2. The van der Waals surface area contributed by atoms with E-state index < -0.39 is 11.9 Å². The molecule has 0 radical (unpaired) electrons. The van der Waals surface area contributed by atoms with Gasteiger partial charge in [-0.2, -0.15) is 5.10 Å². The predicted molar refractivity (Wildman–Crippen MR) is 117 cm³/mol. The van der Waals surface area contributed by atoms with E-state index in [0.717, 1.165) is 63.2 Å². The molecule has 1 atom stereocenters. The van der Waals surface area contributed by atoms with E-state index in [9.17, 15) is 14.4 Å². The van der Waals surface area contributed by atoms with Gasteiger partial charge in [-0.05, 0) is 37.5 Å². The fourth-order valence-electron chi connectivity index (χ4n) is 5.02. The molecule has 1 unspecified atom stereocenters. The minimum absolute atomic E-state index is 0.214. The average molecular weight is 425 g/mol. The van der Waals surface area contributed by atoms with E-state index >= 15 is 0 Å². The molecule has 31 heavy (non-hydrogen) atoms. The maximum atomic E-state index is 13.0. The fraction of sp³-hybridized carbons (Fsp3) is 0.545. The summed E-state index contributed by atoms with van der Waals surface area (Å²) < 4.78 is 1.21. The lowest BCUT2D eigenvalue weighted by Gasteiger charge is -2.41. The minimum atomic E-state index is -0.738. The Morgan fingerprint density at radius 3 is 2.48 bits per heavy atom. The van der Waals surface area contributed by atoms with Gasteiger partial charge in [0.1, 0.15) is 6.04 Å². The molecule has 9 nitrogen and oxygen atoms in total. The molecular formula is C22H28N6O3. The van der Waals surface area contributed by atoms with Crippen molar-refractivity contribution in [2.75, 3.05) is 44.2 Å². The first-order valence-corrected chi connectivity index (χ1v) is 11.1. The summed E-state index contributed by atoms with van der Waals surface area (Å²) in [4.78, 5) is 41.5. The Labute approximate surface area is 180 Å². The van der Waals surface area contributed by atoms with E-state index in [1.165, 1.54) is 4.68 Å². The zero-order valence-electron chi connectivity index (χ0n) is 17.5. The van der Waals surface area contributed by atoms with Crippen LogP contribution in [0.25, 0.3) is 10.8 Å². The van der Waals surface area contributed by atoms with Crippen LogP contribution in [0.2, 0.25) is 0 Å². The molecule has 1 aromatic carbocycles. The first-order chi connectivity index (χ1) is 15.1. The summed E-state index contributed by atoms with van der Waals surface area (Å²) in [5.74, 6) is -0.769. The molecule has 2 aromatic rings. The van der Waals surface area contributed by atoms with Crippen LogP contribution < -0.4 is 21.1 Å². The first-order valence-electron chi connectivity index (χ1n) is 11.1. The largest absolute Gasteiger partial charge is 0.371 e. The zero-order valence-corrected chi connectivity index (χ0v) is 17.5. The molecule has 0 spiro atoms. The van der Waals surface area contributed by atoms with Gasteiger partial charge in [0.15, 0.2) is 0 Å². The highest BCUT2D eigenvalue weighted by Crippen LogP contribution is 2.26. The van der Waals surface area contributed by atoms with Crippen molar-refractivity contribution in [3.8, 4) is 0 Å². The topological polar surface area (TPSA) is 99.6 Å². The number of hydrogen-bond acceptors (Lipinski definition) is 7. The fourth-order valence-corrected chi connectivity index (χ4v) is 5.02. The van der Waals surface area contributed by atoms with Crippen LogP contribution in [0.1, 0.15) is 31.7 Å². The third-order valence-electron chi connectivity index (χ3n) is 6.80. The number of benzene rings is 1. The summed E-state index contributed by atoms with van der Waals surface area (Å²) in [6.45, 7) is 6.42. The van der Waals surface area contributed by atoms with Crippen LogP contribution in [0.4, 0.5) is 5.69 Å². The number of amides is 2. The Bertz CT molecular complexity index is 1050. The minimum Gasteiger partial charge on any atom is -0.371 e. The molecule has 3 fully saturated rings. The number of aromatic nitrogens is 2. The van der Waals surface area contributed by atoms with Gasteiger partial charge in [0, 0.05) is 62.8 Å². The van der Waals surface area contributed by atoms with Crippen LogP contribution >= 0.6 is 0 Å². The lowest BCUT2D eigenvalue weighted by molar-refractivity contribution is -0.136. The van der Waals surface area contributed by atoms with Crippen LogP contribution in [-0.2, 0) is 9.59 Å². The third kappa shape index (κ3) is 3.95. The van der Waals surface area contributed by atoms with Gasteiger partial charge < -0.3 is 10.2 Å². The summed E-state index contributed by atoms with van der Waals surface area (Å²) in [6, 6.07) is 5.76. The van der Waals surface area contributed by atoms with Gasteiger partial charge in [-0.25, -0.2) is 4.68 Å². The first kappa shape index (κ1) is 20.1. The molecular weight excluding hydrogens is 396 g/mol. The maximum Gasteiger partial charge on any atom is 0.275 e. The number of hydrogen-bond donors (Lipinski definition) is 2. The number of nitrogens with zero attached hydrogens (tertiary/aromatic N) is 4. The van der Waals surface area contributed by atoms with Crippen LogP contribution in [-0.4, -0.2) is 71.8 Å². The van der Waals surface area contributed by atoms with Gasteiger partial charge in [-0.1, -0.05) is 0 Å². The lowest BCUT2D eigenvalue weighted by Crippen LogP contribution is -2.52. The molecule has 3 saturated heterocycles. The van der Waals surface area contributed by atoms with Crippen molar-refractivity contribution >= 4 is 28.3 Å². The number of piperidine rings is 2. The molecule has 5 rings (SSSR count). The summed E-state index contributed by atoms with van der Waals surface area (Å²) in [5.41, 5.74) is 0.808. The van der Waals surface area contributed by atoms with Crippen molar-refractivity contribution < 1.29 is 9.59 Å². The molecule has 2 N–H and O–H groups in total. The van der Waals surface area contributed by atoms with E-state index in [1.54, 1.807) is 6.20 Å². The molecule has 0 saturated carbocycles.